The molecule has 1 N–H and O–H groups in total. The molecule has 1 heterocycles. The number of benzene rings is 3. The van der Waals surface area contributed by atoms with E-state index in [4.69, 9.17) is 9.47 Å². The number of fused-ring (bicyclic) bond motifs is 1. The number of rotatable bonds is 8. The fourth-order valence-electron chi connectivity index (χ4n) is 3.76. The summed E-state index contributed by atoms with van der Waals surface area (Å²) in [4.78, 5) is 12.4. The lowest BCUT2D eigenvalue weighted by molar-refractivity contribution is -0.125. The Morgan fingerprint density at radius 2 is 1.74 bits per heavy atom. The van der Waals surface area contributed by atoms with E-state index in [-0.39, 0.29) is 31.1 Å². The van der Waals surface area contributed by atoms with Crippen LogP contribution in [0.4, 0.5) is 4.39 Å². The minimum atomic E-state index is -0.442. The number of aromatic nitrogens is 2. The van der Waals surface area contributed by atoms with E-state index in [1.54, 1.807) is 30.1 Å². The molecule has 35 heavy (non-hydrogen) atoms. The zero-order chi connectivity index (χ0) is 24.2. The van der Waals surface area contributed by atoms with E-state index in [1.165, 1.54) is 12.1 Å². The van der Waals surface area contributed by atoms with Gasteiger partial charge in [0.25, 0.3) is 0 Å². The molecule has 184 valence electrons. The van der Waals surface area contributed by atoms with E-state index in [0.717, 1.165) is 22.2 Å². The molecule has 0 fully saturated rings. The lowest BCUT2D eigenvalue weighted by Gasteiger charge is -2.27. The first kappa shape index (κ1) is 25.7. The standard InChI is InChI=1S/C27H28FN3O3.CH4/c1-17(2)27(32)30-18(3)26(19-6-5-7-23(14-19)33-4)34-24-12-13-25-20(15-24)16-29-31(25)22-10-8-21(28)9-11-22;/h5-18,26H,1-4H3,(H,30,32);1H4/t18-,26-;/m0./s1. The third-order valence-corrected chi connectivity index (χ3v) is 5.64. The number of carbonyl (C=O) groups excluding carboxylic acids is 1. The predicted octanol–water partition coefficient (Wildman–Crippen LogP) is 6.09. The van der Waals surface area contributed by atoms with Crippen molar-refractivity contribution in [2.24, 2.45) is 5.92 Å². The molecule has 0 aliphatic carbocycles. The number of hydrogen-bond acceptors (Lipinski definition) is 4. The maximum atomic E-state index is 13.3. The van der Waals surface area contributed by atoms with Crippen LogP contribution in [0.1, 0.15) is 39.9 Å². The molecule has 4 aromatic rings. The zero-order valence-corrected chi connectivity index (χ0v) is 19.7. The molecule has 1 aromatic heterocycles. The minimum absolute atomic E-state index is 0. The quantitative estimate of drug-likeness (QED) is 0.334. The monoisotopic (exact) mass is 477 g/mol. The Morgan fingerprint density at radius 3 is 2.43 bits per heavy atom. The average molecular weight is 478 g/mol. The predicted molar refractivity (Wildman–Crippen MR) is 137 cm³/mol. The summed E-state index contributed by atoms with van der Waals surface area (Å²) in [7, 11) is 1.62. The van der Waals surface area contributed by atoms with Crippen molar-refractivity contribution in [1.82, 2.24) is 15.1 Å². The van der Waals surface area contributed by atoms with E-state index in [0.29, 0.717) is 11.5 Å². The molecule has 6 nitrogen and oxygen atoms in total. The van der Waals surface area contributed by atoms with Crippen molar-refractivity contribution in [1.29, 1.82) is 0 Å². The van der Waals surface area contributed by atoms with Crippen LogP contribution in [0.25, 0.3) is 16.6 Å². The van der Waals surface area contributed by atoms with Gasteiger partial charge in [-0.1, -0.05) is 33.4 Å². The Kier molecular flexibility index (Phi) is 8.12. The Balaban J connectivity index is 0.00000342. The third-order valence-electron chi connectivity index (χ3n) is 5.64. The van der Waals surface area contributed by atoms with Crippen LogP contribution in [0.15, 0.2) is 72.9 Å². The van der Waals surface area contributed by atoms with Gasteiger partial charge in [0.05, 0.1) is 30.6 Å². The van der Waals surface area contributed by atoms with Crippen LogP contribution in [0.3, 0.4) is 0 Å². The van der Waals surface area contributed by atoms with Gasteiger partial charge in [0, 0.05) is 11.3 Å². The van der Waals surface area contributed by atoms with Crippen LogP contribution < -0.4 is 14.8 Å². The smallest absolute Gasteiger partial charge is 0.222 e. The van der Waals surface area contributed by atoms with Gasteiger partial charge < -0.3 is 14.8 Å². The number of amides is 1. The topological polar surface area (TPSA) is 65.4 Å². The molecule has 0 unspecified atom stereocenters. The second-order valence-corrected chi connectivity index (χ2v) is 8.52. The van der Waals surface area contributed by atoms with Crippen molar-refractivity contribution in [3.05, 3.63) is 84.3 Å². The summed E-state index contributed by atoms with van der Waals surface area (Å²) in [6.07, 6.45) is 1.30. The van der Waals surface area contributed by atoms with Crippen molar-refractivity contribution in [3.63, 3.8) is 0 Å². The summed E-state index contributed by atoms with van der Waals surface area (Å²) >= 11 is 0. The van der Waals surface area contributed by atoms with Gasteiger partial charge in [0.2, 0.25) is 5.91 Å². The molecule has 7 heteroatoms. The van der Waals surface area contributed by atoms with Gasteiger partial charge in [0.1, 0.15) is 23.4 Å². The second kappa shape index (κ2) is 11.0. The van der Waals surface area contributed by atoms with Crippen LogP contribution in [0.2, 0.25) is 0 Å². The van der Waals surface area contributed by atoms with Crippen LogP contribution in [0, 0.1) is 11.7 Å². The number of halogens is 1. The van der Waals surface area contributed by atoms with E-state index in [9.17, 15) is 9.18 Å². The summed E-state index contributed by atoms with van der Waals surface area (Å²) in [6, 6.07) is 19.2. The van der Waals surface area contributed by atoms with E-state index >= 15 is 0 Å². The van der Waals surface area contributed by atoms with Crippen molar-refractivity contribution >= 4 is 16.8 Å². The molecule has 0 spiro atoms. The van der Waals surface area contributed by atoms with Crippen molar-refractivity contribution in [3.8, 4) is 17.2 Å². The molecule has 0 saturated heterocycles. The SMILES string of the molecule is C.COc1cccc([C@@H](Oc2ccc3c(cnn3-c3ccc(F)cc3)c2)[C@H](C)NC(=O)C(C)C)c1. The normalized spacial score (nSPS) is 12.6. The number of carbonyl (C=O) groups is 1. The zero-order valence-electron chi connectivity index (χ0n) is 19.7. The molecular weight excluding hydrogens is 445 g/mol. The van der Waals surface area contributed by atoms with Crippen LogP contribution >= 0.6 is 0 Å². The molecule has 0 radical (unpaired) electrons. The molecule has 0 bridgehead atoms. The summed E-state index contributed by atoms with van der Waals surface area (Å²) in [5.41, 5.74) is 2.53. The molecule has 0 aliphatic rings. The maximum Gasteiger partial charge on any atom is 0.222 e. The molecule has 4 rings (SSSR count). The number of methoxy groups -OCH3 is 1. The summed E-state index contributed by atoms with van der Waals surface area (Å²) in [5, 5.41) is 8.39. The largest absolute Gasteiger partial charge is 0.497 e. The Labute approximate surface area is 205 Å². The fourth-order valence-corrected chi connectivity index (χ4v) is 3.76. The van der Waals surface area contributed by atoms with Crippen molar-refractivity contribution in [2.75, 3.05) is 7.11 Å². The lowest BCUT2D eigenvalue weighted by Crippen LogP contribution is -2.41. The van der Waals surface area contributed by atoms with Gasteiger partial charge in [-0.2, -0.15) is 5.10 Å². The van der Waals surface area contributed by atoms with Crippen LogP contribution in [0.5, 0.6) is 11.5 Å². The molecular formula is C28H32FN3O3. The third kappa shape index (κ3) is 5.80. The van der Waals surface area contributed by atoms with Gasteiger partial charge in [-0.25, -0.2) is 9.07 Å². The maximum absolute atomic E-state index is 13.3. The van der Waals surface area contributed by atoms with Crippen LogP contribution in [-0.2, 0) is 4.79 Å². The van der Waals surface area contributed by atoms with Crippen molar-refractivity contribution in [2.45, 2.75) is 40.3 Å². The first-order valence-corrected chi connectivity index (χ1v) is 11.2. The highest BCUT2D eigenvalue weighted by Gasteiger charge is 2.25. The van der Waals surface area contributed by atoms with Gasteiger partial charge in [-0.3, -0.25) is 4.79 Å². The van der Waals surface area contributed by atoms with E-state index in [1.807, 2.05) is 63.2 Å². The second-order valence-electron chi connectivity index (χ2n) is 8.52. The fraction of sp³-hybridized carbons (Fsp3) is 0.286. The number of ether oxygens (including phenoxy) is 2. The number of hydrogen-bond donors (Lipinski definition) is 1. The van der Waals surface area contributed by atoms with E-state index < -0.39 is 6.10 Å². The van der Waals surface area contributed by atoms with Gasteiger partial charge in [0.15, 0.2) is 0 Å². The van der Waals surface area contributed by atoms with E-state index in [2.05, 4.69) is 10.4 Å². The number of nitrogens with zero attached hydrogens (tertiary/aromatic N) is 2. The van der Waals surface area contributed by atoms with Crippen molar-refractivity contribution < 1.29 is 18.7 Å². The molecule has 0 saturated carbocycles. The Morgan fingerprint density at radius 1 is 1.00 bits per heavy atom. The first-order valence-electron chi connectivity index (χ1n) is 11.2. The summed E-state index contributed by atoms with van der Waals surface area (Å²) in [5.74, 6) is 0.884. The lowest BCUT2D eigenvalue weighted by atomic mass is 10.0. The summed E-state index contributed by atoms with van der Waals surface area (Å²) < 4.78 is 26.9. The Bertz CT molecular complexity index is 1280. The van der Waals surface area contributed by atoms with Gasteiger partial charge in [-0.05, 0) is 67.1 Å². The van der Waals surface area contributed by atoms with Gasteiger partial charge >= 0.3 is 0 Å². The molecule has 0 aliphatic heterocycles. The Hall–Kier alpha value is -3.87. The average Bonchev–Trinajstić information content (AvgIpc) is 3.26. The summed E-state index contributed by atoms with van der Waals surface area (Å²) in [6.45, 7) is 5.64. The highest BCUT2D eigenvalue weighted by atomic mass is 19.1. The molecule has 1 amide bonds. The molecule has 3 aromatic carbocycles. The highest BCUT2D eigenvalue weighted by Crippen LogP contribution is 2.30. The highest BCUT2D eigenvalue weighted by molar-refractivity contribution is 5.82. The molecule has 2 atom stereocenters. The number of nitrogens with one attached hydrogen (secondary N) is 1. The van der Waals surface area contributed by atoms with Crippen LogP contribution in [-0.4, -0.2) is 28.8 Å². The van der Waals surface area contributed by atoms with Gasteiger partial charge in [-0.15, -0.1) is 0 Å². The minimum Gasteiger partial charge on any atom is -0.497 e. The first-order chi connectivity index (χ1) is 16.4.